The van der Waals surface area contributed by atoms with Crippen LogP contribution in [0.5, 0.6) is 5.75 Å². The highest BCUT2D eigenvalue weighted by molar-refractivity contribution is 5.75. The highest BCUT2D eigenvalue weighted by Crippen LogP contribution is 2.26. The Kier molecular flexibility index (Phi) is 3.61. The highest BCUT2D eigenvalue weighted by atomic mass is 16.5. The van der Waals surface area contributed by atoms with E-state index in [2.05, 4.69) is 48.6 Å². The maximum Gasteiger partial charge on any atom is 0.118 e. The first-order valence-corrected chi connectivity index (χ1v) is 5.71. The number of rotatable bonds is 3. The summed E-state index contributed by atoms with van der Waals surface area (Å²) in [6.45, 7) is 2.03. The quantitative estimate of drug-likeness (QED) is 0.751. The molecule has 2 aromatic carbocycles. The fourth-order valence-corrected chi connectivity index (χ4v) is 1.86. The third kappa shape index (κ3) is 2.56. The molecule has 0 aliphatic heterocycles. The first-order chi connectivity index (χ1) is 8.35. The van der Waals surface area contributed by atoms with E-state index in [1.165, 1.54) is 16.7 Å². The van der Waals surface area contributed by atoms with Crippen LogP contribution in [0.25, 0.3) is 17.2 Å². The molecule has 0 aliphatic rings. The second kappa shape index (κ2) is 5.35. The molecule has 0 bridgehead atoms. The normalized spacial score (nSPS) is 10.7. The van der Waals surface area contributed by atoms with Gasteiger partial charge >= 0.3 is 0 Å². The molecule has 17 heavy (non-hydrogen) atoms. The minimum absolute atomic E-state index is 0.886. The maximum absolute atomic E-state index is 5.17. The molecule has 0 N–H and O–H groups in total. The van der Waals surface area contributed by atoms with E-state index in [-0.39, 0.29) is 0 Å². The smallest absolute Gasteiger partial charge is 0.118 e. The fraction of sp³-hybridized carbons (Fsp3) is 0.125. The number of allylic oxidation sites excluding steroid dienone is 1. The topological polar surface area (TPSA) is 9.23 Å². The third-order valence-electron chi connectivity index (χ3n) is 2.71. The summed E-state index contributed by atoms with van der Waals surface area (Å²) < 4.78 is 5.17. The van der Waals surface area contributed by atoms with Crippen molar-refractivity contribution in [1.29, 1.82) is 0 Å². The van der Waals surface area contributed by atoms with E-state index in [0.29, 0.717) is 0 Å². The summed E-state index contributed by atoms with van der Waals surface area (Å²) in [6, 6.07) is 16.5. The van der Waals surface area contributed by atoms with E-state index in [9.17, 15) is 0 Å². The van der Waals surface area contributed by atoms with Gasteiger partial charge in [0.2, 0.25) is 0 Å². The molecule has 0 atom stereocenters. The van der Waals surface area contributed by atoms with Gasteiger partial charge in [0, 0.05) is 0 Å². The van der Waals surface area contributed by atoms with Crippen LogP contribution in [-0.2, 0) is 0 Å². The van der Waals surface area contributed by atoms with E-state index in [4.69, 9.17) is 4.74 Å². The molecule has 0 heterocycles. The van der Waals surface area contributed by atoms with Crippen molar-refractivity contribution in [2.75, 3.05) is 7.11 Å². The fourth-order valence-electron chi connectivity index (χ4n) is 1.86. The molecule has 0 unspecified atom stereocenters. The Morgan fingerprint density at radius 3 is 2.29 bits per heavy atom. The zero-order valence-electron chi connectivity index (χ0n) is 10.2. The van der Waals surface area contributed by atoms with E-state index < -0.39 is 0 Å². The van der Waals surface area contributed by atoms with Crippen molar-refractivity contribution in [2.24, 2.45) is 0 Å². The molecular weight excluding hydrogens is 208 g/mol. The molecule has 2 aromatic rings. The SMILES string of the molecule is C/C=C/c1ccccc1-c1ccc(OC)cc1. The molecule has 1 nitrogen and oxygen atoms in total. The van der Waals surface area contributed by atoms with Crippen LogP contribution in [0.3, 0.4) is 0 Å². The molecule has 0 spiro atoms. The molecule has 0 aliphatic carbocycles. The van der Waals surface area contributed by atoms with Crippen LogP contribution < -0.4 is 4.74 Å². The summed E-state index contributed by atoms with van der Waals surface area (Å²) in [5.41, 5.74) is 3.69. The van der Waals surface area contributed by atoms with Gasteiger partial charge in [-0.25, -0.2) is 0 Å². The van der Waals surface area contributed by atoms with Crippen molar-refractivity contribution in [3.63, 3.8) is 0 Å². The zero-order chi connectivity index (χ0) is 12.1. The van der Waals surface area contributed by atoms with Crippen LogP contribution >= 0.6 is 0 Å². The van der Waals surface area contributed by atoms with Crippen molar-refractivity contribution in [3.8, 4) is 16.9 Å². The predicted octanol–water partition coefficient (Wildman–Crippen LogP) is 4.40. The summed E-state index contributed by atoms with van der Waals surface area (Å²) >= 11 is 0. The number of hydrogen-bond acceptors (Lipinski definition) is 1. The average molecular weight is 224 g/mol. The second-order valence-corrected chi connectivity index (χ2v) is 3.82. The monoisotopic (exact) mass is 224 g/mol. The van der Waals surface area contributed by atoms with Crippen LogP contribution in [0.15, 0.2) is 54.6 Å². The lowest BCUT2D eigenvalue weighted by atomic mass is 9.99. The van der Waals surface area contributed by atoms with Crippen LogP contribution in [0, 0.1) is 0 Å². The van der Waals surface area contributed by atoms with Crippen molar-refractivity contribution in [3.05, 3.63) is 60.2 Å². The summed E-state index contributed by atoms with van der Waals surface area (Å²) in [6.07, 6.45) is 4.18. The van der Waals surface area contributed by atoms with Gasteiger partial charge in [-0.15, -0.1) is 0 Å². The minimum Gasteiger partial charge on any atom is -0.497 e. The number of ether oxygens (including phenoxy) is 1. The maximum atomic E-state index is 5.17. The van der Waals surface area contributed by atoms with Crippen LogP contribution in [0.4, 0.5) is 0 Å². The van der Waals surface area contributed by atoms with Gasteiger partial charge in [-0.05, 0) is 35.7 Å². The Morgan fingerprint density at radius 1 is 0.941 bits per heavy atom. The van der Waals surface area contributed by atoms with Crippen molar-refractivity contribution >= 4 is 6.08 Å². The third-order valence-corrected chi connectivity index (χ3v) is 2.71. The Bertz CT molecular complexity index is 509. The average Bonchev–Trinajstić information content (AvgIpc) is 2.40. The number of hydrogen-bond donors (Lipinski definition) is 0. The largest absolute Gasteiger partial charge is 0.497 e. The molecule has 0 fully saturated rings. The number of methoxy groups -OCH3 is 1. The summed E-state index contributed by atoms with van der Waals surface area (Å²) in [5, 5.41) is 0. The van der Waals surface area contributed by atoms with Crippen molar-refractivity contribution in [2.45, 2.75) is 6.92 Å². The highest BCUT2D eigenvalue weighted by Gasteiger charge is 2.01. The second-order valence-electron chi connectivity index (χ2n) is 3.82. The summed E-state index contributed by atoms with van der Waals surface area (Å²) in [4.78, 5) is 0. The van der Waals surface area contributed by atoms with E-state index in [1.54, 1.807) is 7.11 Å². The Balaban J connectivity index is 2.44. The molecule has 0 saturated heterocycles. The van der Waals surface area contributed by atoms with Gasteiger partial charge in [0.25, 0.3) is 0 Å². The van der Waals surface area contributed by atoms with Gasteiger partial charge in [0.15, 0.2) is 0 Å². The molecule has 0 saturated carbocycles. The molecule has 0 radical (unpaired) electrons. The van der Waals surface area contributed by atoms with Crippen LogP contribution in [0.2, 0.25) is 0 Å². The Hall–Kier alpha value is -2.02. The lowest BCUT2D eigenvalue weighted by Gasteiger charge is -2.07. The van der Waals surface area contributed by atoms with Gasteiger partial charge in [-0.1, -0.05) is 48.6 Å². The summed E-state index contributed by atoms with van der Waals surface area (Å²) in [5.74, 6) is 0.886. The van der Waals surface area contributed by atoms with Crippen molar-refractivity contribution in [1.82, 2.24) is 0 Å². The van der Waals surface area contributed by atoms with E-state index in [1.807, 2.05) is 19.1 Å². The molecule has 2 rings (SSSR count). The molecule has 0 amide bonds. The Morgan fingerprint density at radius 2 is 1.65 bits per heavy atom. The van der Waals surface area contributed by atoms with Gasteiger partial charge in [0.1, 0.15) is 5.75 Å². The van der Waals surface area contributed by atoms with Gasteiger partial charge in [-0.2, -0.15) is 0 Å². The first kappa shape index (κ1) is 11.5. The van der Waals surface area contributed by atoms with Gasteiger partial charge in [0.05, 0.1) is 7.11 Å². The van der Waals surface area contributed by atoms with E-state index in [0.717, 1.165) is 5.75 Å². The molecular formula is C16H16O. The molecule has 0 aromatic heterocycles. The van der Waals surface area contributed by atoms with Gasteiger partial charge < -0.3 is 4.74 Å². The summed E-state index contributed by atoms with van der Waals surface area (Å²) in [7, 11) is 1.68. The standard InChI is InChI=1S/C16H16O/c1-3-6-13-7-4-5-8-16(13)14-9-11-15(17-2)12-10-14/h3-12H,1-2H3/b6-3+. The molecule has 1 heteroatoms. The Labute approximate surface area is 102 Å². The lowest BCUT2D eigenvalue weighted by Crippen LogP contribution is -1.85. The number of benzene rings is 2. The first-order valence-electron chi connectivity index (χ1n) is 5.71. The van der Waals surface area contributed by atoms with Crippen LogP contribution in [-0.4, -0.2) is 7.11 Å². The minimum atomic E-state index is 0.886. The van der Waals surface area contributed by atoms with Crippen molar-refractivity contribution < 1.29 is 4.74 Å². The molecule has 86 valence electrons. The van der Waals surface area contributed by atoms with E-state index >= 15 is 0 Å². The van der Waals surface area contributed by atoms with Crippen LogP contribution in [0.1, 0.15) is 12.5 Å². The zero-order valence-corrected chi connectivity index (χ0v) is 10.2. The lowest BCUT2D eigenvalue weighted by molar-refractivity contribution is 0.415. The van der Waals surface area contributed by atoms with Gasteiger partial charge in [-0.3, -0.25) is 0 Å². The predicted molar refractivity (Wildman–Crippen MR) is 73.1 cm³/mol.